The maximum Gasteiger partial charge on any atom is 0.418 e. The summed E-state index contributed by atoms with van der Waals surface area (Å²) >= 11 is 0. The molecule has 0 aromatic carbocycles. The van der Waals surface area contributed by atoms with Crippen LogP contribution in [0.5, 0.6) is 0 Å². The second-order valence-corrected chi connectivity index (χ2v) is 5.89. The molecule has 0 radical (unpaired) electrons. The molecule has 4 amide bonds. The molecule has 2 heterocycles. The molecule has 12 nitrogen and oxygen atoms in total. The Bertz CT molecular complexity index is 672. The summed E-state index contributed by atoms with van der Waals surface area (Å²) in [4.78, 5) is 36.2. The zero-order valence-corrected chi connectivity index (χ0v) is 12.4. The van der Waals surface area contributed by atoms with Crippen LogP contribution >= 0.6 is 0 Å². The molecule has 2 rings (SSSR count). The SMILES string of the molecule is N#CCC(=O)NNC(=O)[C@@H]1CC[C@H]2CN1C(=O)N2OS(=O)(=O)O. The number of carbonyl (C=O) groups excluding carboxylic acids is 3. The lowest BCUT2D eigenvalue weighted by Crippen LogP contribution is -2.54. The van der Waals surface area contributed by atoms with E-state index in [0.29, 0.717) is 5.06 Å². The first-order chi connectivity index (χ1) is 10.7. The van der Waals surface area contributed by atoms with Gasteiger partial charge in [0, 0.05) is 6.54 Å². The van der Waals surface area contributed by atoms with E-state index in [1.54, 1.807) is 6.07 Å². The number of rotatable bonds is 4. The lowest BCUT2D eigenvalue weighted by atomic mass is 10.0. The van der Waals surface area contributed by atoms with E-state index in [2.05, 4.69) is 9.71 Å². The molecule has 2 atom stereocenters. The molecule has 0 aromatic rings. The Balaban J connectivity index is 2.00. The summed E-state index contributed by atoms with van der Waals surface area (Å²) in [6.45, 7) is 0.0403. The molecule has 2 saturated heterocycles. The lowest BCUT2D eigenvalue weighted by Gasteiger charge is -2.29. The van der Waals surface area contributed by atoms with Crippen molar-refractivity contribution < 1.29 is 31.6 Å². The minimum Gasteiger partial charge on any atom is -0.309 e. The van der Waals surface area contributed by atoms with Gasteiger partial charge in [-0.15, -0.1) is 4.28 Å². The number of hydrazine groups is 1. The van der Waals surface area contributed by atoms with Gasteiger partial charge in [-0.3, -0.25) is 25.0 Å². The highest BCUT2D eigenvalue weighted by Gasteiger charge is 2.49. The second kappa shape index (κ2) is 6.36. The highest BCUT2D eigenvalue weighted by atomic mass is 32.3. The molecule has 126 valence electrons. The monoisotopic (exact) mass is 347 g/mol. The normalized spacial score (nSPS) is 23.4. The summed E-state index contributed by atoms with van der Waals surface area (Å²) in [5.74, 6) is -1.39. The van der Waals surface area contributed by atoms with Crippen molar-refractivity contribution in [1.82, 2.24) is 20.8 Å². The van der Waals surface area contributed by atoms with E-state index in [4.69, 9.17) is 9.81 Å². The molecular formula is C10H13N5O7S. The van der Waals surface area contributed by atoms with Crippen molar-refractivity contribution >= 4 is 28.2 Å². The van der Waals surface area contributed by atoms with Crippen LogP contribution in [0.25, 0.3) is 0 Å². The summed E-state index contributed by atoms with van der Waals surface area (Å²) in [5.41, 5.74) is 4.12. The maximum absolute atomic E-state index is 12.1. The lowest BCUT2D eigenvalue weighted by molar-refractivity contribution is -0.131. The highest BCUT2D eigenvalue weighted by Crippen LogP contribution is 2.30. The van der Waals surface area contributed by atoms with Crippen LogP contribution in [0.4, 0.5) is 4.79 Å². The van der Waals surface area contributed by atoms with E-state index in [1.807, 2.05) is 5.43 Å². The summed E-state index contributed by atoms with van der Waals surface area (Å²) in [6, 6.07) is -0.824. The van der Waals surface area contributed by atoms with Crippen LogP contribution in [-0.4, -0.2) is 59.4 Å². The van der Waals surface area contributed by atoms with Gasteiger partial charge >= 0.3 is 16.4 Å². The molecule has 2 bridgehead atoms. The molecule has 3 N–H and O–H groups in total. The first-order valence-corrected chi connectivity index (χ1v) is 7.82. The highest BCUT2D eigenvalue weighted by molar-refractivity contribution is 7.80. The van der Waals surface area contributed by atoms with E-state index in [9.17, 15) is 22.8 Å². The average Bonchev–Trinajstić information content (AvgIpc) is 2.69. The van der Waals surface area contributed by atoms with Crippen molar-refractivity contribution in [1.29, 1.82) is 5.26 Å². The smallest absolute Gasteiger partial charge is 0.309 e. The minimum atomic E-state index is -4.85. The van der Waals surface area contributed by atoms with Crippen molar-refractivity contribution in [2.45, 2.75) is 31.3 Å². The Labute approximate surface area is 130 Å². The van der Waals surface area contributed by atoms with Gasteiger partial charge in [0.2, 0.25) is 0 Å². The minimum absolute atomic E-state index is 0.0403. The first kappa shape index (κ1) is 16.9. The fraction of sp³-hybridized carbons (Fsp3) is 0.600. The zero-order valence-electron chi connectivity index (χ0n) is 11.6. The molecule has 13 heteroatoms. The maximum atomic E-state index is 12.1. The zero-order chi connectivity index (χ0) is 17.2. The Kier molecular flexibility index (Phi) is 4.68. The molecule has 2 aliphatic heterocycles. The van der Waals surface area contributed by atoms with Crippen LogP contribution in [0, 0.1) is 11.3 Å². The van der Waals surface area contributed by atoms with Gasteiger partial charge in [-0.1, -0.05) is 0 Å². The van der Waals surface area contributed by atoms with E-state index in [1.165, 1.54) is 0 Å². The van der Waals surface area contributed by atoms with Crippen molar-refractivity contribution in [2.24, 2.45) is 0 Å². The summed E-state index contributed by atoms with van der Waals surface area (Å²) in [7, 11) is -4.85. The van der Waals surface area contributed by atoms with E-state index >= 15 is 0 Å². The Morgan fingerprint density at radius 1 is 1.39 bits per heavy atom. The van der Waals surface area contributed by atoms with Gasteiger partial charge in [-0.2, -0.15) is 18.7 Å². The standard InChI is InChI=1S/C10H13N5O7S/c11-4-3-8(16)12-13-9(17)7-2-1-6-5-14(7)10(18)15(6)22-23(19,20)21/h6-7H,1-3,5H2,(H,12,16)(H,13,17)(H,19,20,21)/t6-,7-/m0/s1. The van der Waals surface area contributed by atoms with Crippen molar-refractivity contribution in [3.63, 3.8) is 0 Å². The van der Waals surface area contributed by atoms with E-state index in [0.717, 1.165) is 4.90 Å². The van der Waals surface area contributed by atoms with Gasteiger partial charge in [0.1, 0.15) is 12.5 Å². The quantitative estimate of drug-likeness (QED) is 0.389. The molecule has 0 aromatic heterocycles. The fourth-order valence-corrected chi connectivity index (χ4v) is 2.82. The molecule has 23 heavy (non-hydrogen) atoms. The van der Waals surface area contributed by atoms with Crippen LogP contribution in [-0.2, 0) is 24.3 Å². The van der Waals surface area contributed by atoms with Crippen molar-refractivity contribution in [2.75, 3.05) is 6.54 Å². The van der Waals surface area contributed by atoms with Crippen LogP contribution in [0.1, 0.15) is 19.3 Å². The molecule has 2 aliphatic rings. The van der Waals surface area contributed by atoms with Crippen LogP contribution in [0.15, 0.2) is 0 Å². The Morgan fingerprint density at radius 3 is 2.70 bits per heavy atom. The second-order valence-electron chi connectivity index (χ2n) is 4.88. The van der Waals surface area contributed by atoms with Crippen LogP contribution < -0.4 is 10.9 Å². The predicted octanol–water partition coefficient (Wildman–Crippen LogP) is -1.95. The summed E-state index contributed by atoms with van der Waals surface area (Å²) in [6.07, 6.45) is 0.0370. The van der Waals surface area contributed by atoms with Gasteiger partial charge < -0.3 is 4.90 Å². The number of hydrogen-bond acceptors (Lipinski definition) is 7. The third-order valence-electron chi connectivity index (χ3n) is 3.36. The van der Waals surface area contributed by atoms with E-state index in [-0.39, 0.29) is 19.4 Å². The number of carbonyl (C=O) groups is 3. The fourth-order valence-electron chi connectivity index (χ4n) is 2.43. The number of urea groups is 1. The largest absolute Gasteiger partial charge is 0.418 e. The topological polar surface area (TPSA) is 169 Å². The van der Waals surface area contributed by atoms with Gasteiger partial charge in [-0.05, 0) is 12.8 Å². The molecule has 0 spiro atoms. The third kappa shape index (κ3) is 3.86. The molecule has 0 unspecified atom stereocenters. The predicted molar refractivity (Wildman–Crippen MR) is 69.9 cm³/mol. The molecule has 2 fully saturated rings. The van der Waals surface area contributed by atoms with Gasteiger partial charge in [0.25, 0.3) is 11.8 Å². The summed E-state index contributed by atoms with van der Waals surface area (Å²) < 4.78 is 34.4. The average molecular weight is 347 g/mol. The molecule has 0 saturated carbocycles. The van der Waals surface area contributed by atoms with Crippen LogP contribution in [0.3, 0.4) is 0 Å². The number of hydroxylamine groups is 2. The Morgan fingerprint density at radius 2 is 2.09 bits per heavy atom. The summed E-state index contributed by atoms with van der Waals surface area (Å²) in [5, 5.41) is 8.84. The van der Waals surface area contributed by atoms with Crippen molar-refractivity contribution in [3.05, 3.63) is 0 Å². The Hall–Kier alpha value is -2.43. The molecule has 0 aliphatic carbocycles. The number of nitriles is 1. The first-order valence-electron chi connectivity index (χ1n) is 6.45. The van der Waals surface area contributed by atoms with Gasteiger partial charge in [-0.25, -0.2) is 4.79 Å². The number of piperidine rings is 1. The van der Waals surface area contributed by atoms with Crippen LogP contribution in [0.2, 0.25) is 0 Å². The van der Waals surface area contributed by atoms with Crippen molar-refractivity contribution in [3.8, 4) is 6.07 Å². The molecular weight excluding hydrogens is 334 g/mol. The number of nitrogens with zero attached hydrogens (tertiary/aromatic N) is 3. The van der Waals surface area contributed by atoms with E-state index < -0.39 is 46.7 Å². The third-order valence-corrected chi connectivity index (χ3v) is 3.71. The number of fused-ring (bicyclic) bond motifs is 2. The van der Waals surface area contributed by atoms with Gasteiger partial charge in [0.15, 0.2) is 0 Å². The number of amides is 4. The van der Waals surface area contributed by atoms with Gasteiger partial charge in [0.05, 0.1) is 12.1 Å². The number of nitrogens with one attached hydrogen (secondary N) is 2. The number of hydrogen-bond donors (Lipinski definition) is 3.